The molecule has 1 saturated heterocycles. The number of primary amides is 1. The Bertz CT molecular complexity index is 951. The summed E-state index contributed by atoms with van der Waals surface area (Å²) in [6.45, 7) is 0.173. The van der Waals surface area contributed by atoms with Crippen molar-refractivity contribution in [3.05, 3.63) is 18.2 Å². The second kappa shape index (κ2) is 12.5. The summed E-state index contributed by atoms with van der Waals surface area (Å²) in [5.41, 5.74) is 11.2. The van der Waals surface area contributed by atoms with E-state index in [-0.39, 0.29) is 32.2 Å². The fourth-order valence-corrected chi connectivity index (χ4v) is 3.69. The standard InChI is InChI=1S/C20H29N7O8/c21-11(7-16(29)30)17(31)26-13(6-10-8-23-9-24-10)19(33)27-5-1-2-14(27)18(32)25-12(20(34)35)3-4-15(22)28/h8-9,11-14H,1-7,21H2,(H2,22,28)(H,23,24)(H,25,32)(H,26,31)(H,29,30)(H,34,35). The zero-order valence-electron chi connectivity index (χ0n) is 18.8. The number of hydrogen-bond donors (Lipinski definition) is 7. The number of H-pyrrole nitrogens is 1. The van der Waals surface area contributed by atoms with Gasteiger partial charge >= 0.3 is 11.9 Å². The Morgan fingerprint density at radius 2 is 1.89 bits per heavy atom. The maximum Gasteiger partial charge on any atom is 0.326 e. The maximum absolute atomic E-state index is 13.4. The lowest BCUT2D eigenvalue weighted by atomic mass is 10.1. The number of nitrogens with zero attached hydrogens (tertiary/aromatic N) is 2. The first-order valence-electron chi connectivity index (χ1n) is 10.9. The van der Waals surface area contributed by atoms with Crippen molar-refractivity contribution in [2.75, 3.05) is 6.54 Å². The highest BCUT2D eigenvalue weighted by molar-refractivity contribution is 5.95. The lowest BCUT2D eigenvalue weighted by molar-refractivity contribution is -0.145. The molecule has 1 fully saturated rings. The van der Waals surface area contributed by atoms with Crippen molar-refractivity contribution >= 4 is 35.6 Å². The van der Waals surface area contributed by atoms with Crippen LogP contribution in [0.4, 0.5) is 0 Å². The number of carbonyl (C=O) groups excluding carboxylic acids is 4. The summed E-state index contributed by atoms with van der Waals surface area (Å²) in [4.78, 5) is 79.8. The molecule has 4 unspecified atom stereocenters. The summed E-state index contributed by atoms with van der Waals surface area (Å²) >= 11 is 0. The van der Waals surface area contributed by atoms with E-state index in [1.807, 2.05) is 0 Å². The summed E-state index contributed by atoms with van der Waals surface area (Å²) in [5.74, 6) is -5.57. The third-order valence-corrected chi connectivity index (χ3v) is 5.46. The number of likely N-dealkylation sites (tertiary alicyclic amines) is 1. The molecule has 4 amide bonds. The van der Waals surface area contributed by atoms with Gasteiger partial charge in [0.2, 0.25) is 23.6 Å². The number of rotatable bonds is 13. The number of hydrogen-bond acceptors (Lipinski definition) is 8. The average Bonchev–Trinajstić information content (AvgIpc) is 3.46. The number of carbonyl (C=O) groups is 6. The Morgan fingerprint density at radius 1 is 1.17 bits per heavy atom. The monoisotopic (exact) mass is 495 g/mol. The highest BCUT2D eigenvalue weighted by atomic mass is 16.4. The molecule has 1 aliphatic rings. The number of nitrogens with two attached hydrogens (primary N) is 2. The molecule has 0 spiro atoms. The van der Waals surface area contributed by atoms with Crippen molar-refractivity contribution in [1.82, 2.24) is 25.5 Å². The number of aromatic nitrogens is 2. The predicted molar refractivity (Wildman–Crippen MR) is 117 cm³/mol. The topological polar surface area (TPSA) is 251 Å². The molecular formula is C20H29N7O8. The van der Waals surface area contributed by atoms with E-state index in [1.54, 1.807) is 0 Å². The molecule has 0 saturated carbocycles. The van der Waals surface area contributed by atoms with Crippen LogP contribution in [0.2, 0.25) is 0 Å². The Kier molecular flexibility index (Phi) is 9.69. The molecule has 0 bridgehead atoms. The van der Waals surface area contributed by atoms with E-state index in [4.69, 9.17) is 16.6 Å². The van der Waals surface area contributed by atoms with Crippen LogP contribution in [0.1, 0.15) is 37.8 Å². The van der Waals surface area contributed by atoms with Crippen molar-refractivity contribution in [3.63, 3.8) is 0 Å². The van der Waals surface area contributed by atoms with Crippen molar-refractivity contribution in [3.8, 4) is 0 Å². The average molecular weight is 495 g/mol. The summed E-state index contributed by atoms with van der Waals surface area (Å²) in [6, 6.07) is -4.97. The van der Waals surface area contributed by atoms with E-state index in [9.17, 15) is 33.9 Å². The molecule has 15 heteroatoms. The molecule has 0 radical (unpaired) electrons. The van der Waals surface area contributed by atoms with Crippen LogP contribution in [0.5, 0.6) is 0 Å². The van der Waals surface area contributed by atoms with Crippen LogP contribution in [0, 0.1) is 0 Å². The highest BCUT2D eigenvalue weighted by Crippen LogP contribution is 2.20. The molecular weight excluding hydrogens is 466 g/mol. The minimum Gasteiger partial charge on any atom is -0.481 e. The summed E-state index contributed by atoms with van der Waals surface area (Å²) < 4.78 is 0. The van der Waals surface area contributed by atoms with E-state index in [2.05, 4.69) is 20.6 Å². The van der Waals surface area contributed by atoms with Gasteiger partial charge in [-0.3, -0.25) is 24.0 Å². The Hall–Kier alpha value is -4.01. The van der Waals surface area contributed by atoms with E-state index in [1.165, 1.54) is 17.4 Å². The van der Waals surface area contributed by atoms with Crippen LogP contribution in [0.15, 0.2) is 12.5 Å². The first-order valence-corrected chi connectivity index (χ1v) is 10.9. The summed E-state index contributed by atoms with van der Waals surface area (Å²) in [7, 11) is 0. The van der Waals surface area contributed by atoms with Gasteiger partial charge in [-0.25, -0.2) is 9.78 Å². The minimum absolute atomic E-state index is 0.0361. The Morgan fingerprint density at radius 3 is 2.46 bits per heavy atom. The zero-order valence-corrected chi connectivity index (χ0v) is 18.8. The second-order valence-electron chi connectivity index (χ2n) is 8.14. The molecule has 0 aromatic carbocycles. The number of aliphatic carboxylic acids is 2. The number of nitrogens with one attached hydrogen (secondary N) is 3. The van der Waals surface area contributed by atoms with Crippen molar-refractivity contribution in [2.24, 2.45) is 11.5 Å². The number of aromatic amines is 1. The van der Waals surface area contributed by atoms with Gasteiger partial charge < -0.3 is 42.2 Å². The largest absolute Gasteiger partial charge is 0.481 e. The smallest absolute Gasteiger partial charge is 0.326 e. The van der Waals surface area contributed by atoms with Crippen LogP contribution < -0.4 is 22.1 Å². The van der Waals surface area contributed by atoms with Crippen LogP contribution in [0.25, 0.3) is 0 Å². The summed E-state index contributed by atoms with van der Waals surface area (Å²) in [6.07, 6.45) is 2.37. The van der Waals surface area contributed by atoms with Gasteiger partial charge in [-0.05, 0) is 19.3 Å². The SMILES string of the molecule is NC(=O)CCC(NC(=O)C1CCCN1C(=O)C(Cc1cnc[nH]1)NC(=O)C(N)CC(=O)O)C(=O)O. The van der Waals surface area contributed by atoms with Gasteiger partial charge in [-0.15, -0.1) is 0 Å². The maximum atomic E-state index is 13.4. The van der Waals surface area contributed by atoms with E-state index < -0.39 is 66.2 Å². The zero-order chi connectivity index (χ0) is 26.1. The molecule has 35 heavy (non-hydrogen) atoms. The van der Waals surface area contributed by atoms with E-state index >= 15 is 0 Å². The first-order chi connectivity index (χ1) is 16.5. The lowest BCUT2D eigenvalue weighted by Gasteiger charge is -2.29. The molecule has 2 heterocycles. The van der Waals surface area contributed by atoms with E-state index in [0.717, 1.165) is 0 Å². The molecule has 1 aromatic rings. The number of amides is 4. The third kappa shape index (κ3) is 8.06. The van der Waals surface area contributed by atoms with Gasteiger partial charge in [0.05, 0.1) is 18.8 Å². The number of carboxylic acid groups (broad SMARTS) is 2. The molecule has 15 nitrogen and oxygen atoms in total. The normalized spacial score (nSPS) is 17.7. The molecule has 1 aromatic heterocycles. The second-order valence-corrected chi connectivity index (χ2v) is 8.14. The van der Waals surface area contributed by atoms with E-state index in [0.29, 0.717) is 12.1 Å². The first kappa shape index (κ1) is 27.2. The highest BCUT2D eigenvalue weighted by Gasteiger charge is 2.39. The lowest BCUT2D eigenvalue weighted by Crippen LogP contribution is -2.57. The van der Waals surface area contributed by atoms with Crippen LogP contribution in [0.3, 0.4) is 0 Å². The molecule has 9 N–H and O–H groups in total. The molecule has 4 atom stereocenters. The van der Waals surface area contributed by atoms with Gasteiger partial charge in [0.1, 0.15) is 18.1 Å². The third-order valence-electron chi connectivity index (χ3n) is 5.46. The van der Waals surface area contributed by atoms with Crippen LogP contribution in [-0.4, -0.2) is 91.4 Å². The van der Waals surface area contributed by atoms with Gasteiger partial charge in [-0.2, -0.15) is 0 Å². The predicted octanol–water partition coefficient (Wildman–Crippen LogP) is -2.94. The van der Waals surface area contributed by atoms with Gasteiger partial charge in [0, 0.05) is 31.3 Å². The quantitative estimate of drug-likeness (QED) is 0.147. The van der Waals surface area contributed by atoms with Crippen LogP contribution in [-0.2, 0) is 35.2 Å². The summed E-state index contributed by atoms with van der Waals surface area (Å²) in [5, 5.41) is 23.0. The fraction of sp³-hybridized carbons (Fsp3) is 0.550. The van der Waals surface area contributed by atoms with Gasteiger partial charge in [-0.1, -0.05) is 0 Å². The van der Waals surface area contributed by atoms with Crippen LogP contribution >= 0.6 is 0 Å². The van der Waals surface area contributed by atoms with Gasteiger partial charge in [0.25, 0.3) is 0 Å². The Labute approximate surface area is 199 Å². The van der Waals surface area contributed by atoms with Crippen molar-refractivity contribution < 1.29 is 39.0 Å². The Balaban J connectivity index is 2.16. The number of carboxylic acids is 2. The molecule has 192 valence electrons. The molecule has 0 aliphatic carbocycles. The van der Waals surface area contributed by atoms with Gasteiger partial charge in [0.15, 0.2) is 0 Å². The molecule has 2 rings (SSSR count). The van der Waals surface area contributed by atoms with Crippen molar-refractivity contribution in [2.45, 2.75) is 62.7 Å². The number of imidazole rings is 1. The minimum atomic E-state index is -1.40. The van der Waals surface area contributed by atoms with Crippen molar-refractivity contribution in [1.29, 1.82) is 0 Å². The molecule has 1 aliphatic heterocycles. The fourth-order valence-electron chi connectivity index (χ4n) is 3.69.